The van der Waals surface area contributed by atoms with Crippen LogP contribution < -0.4 is 20.0 Å². The van der Waals surface area contributed by atoms with Gasteiger partial charge in [-0.2, -0.15) is 4.57 Å². The fourth-order valence-electron chi connectivity index (χ4n) is 7.16. The van der Waals surface area contributed by atoms with E-state index in [0.717, 1.165) is 17.7 Å². The molecule has 0 fully saturated rings. The zero-order valence-corrected chi connectivity index (χ0v) is 29.5. The van der Waals surface area contributed by atoms with Gasteiger partial charge in [0.1, 0.15) is 0 Å². The summed E-state index contributed by atoms with van der Waals surface area (Å²) in [6, 6.07) is 27.1. The largest absolute Gasteiger partial charge is 0.369 e. The lowest BCUT2D eigenvalue weighted by Gasteiger charge is -2.41. The van der Waals surface area contributed by atoms with E-state index in [1.807, 2.05) is 0 Å². The summed E-state index contributed by atoms with van der Waals surface area (Å²) in [7, 11) is 0.713. The zero-order valence-electron chi connectivity index (χ0n) is 28.5. The Morgan fingerprint density at radius 3 is 2.31 bits per heavy atom. The molecular weight excluding hydrogens is 563 g/mol. The molecule has 0 saturated heterocycles. The highest BCUT2D eigenvalue weighted by atomic mass is 28.3. The van der Waals surface area contributed by atoms with Crippen molar-refractivity contribution in [3.05, 3.63) is 138 Å². The molecule has 0 saturated carbocycles. The molecule has 0 bridgehead atoms. The highest BCUT2D eigenvalue weighted by Crippen LogP contribution is 2.45. The third-order valence-corrected chi connectivity index (χ3v) is 11.4. The second-order valence-corrected chi connectivity index (χ2v) is 18.8. The Morgan fingerprint density at radius 2 is 1.64 bits per heavy atom. The summed E-state index contributed by atoms with van der Waals surface area (Å²) in [6.07, 6.45) is 9.67. The first-order valence-electron chi connectivity index (χ1n) is 16.2. The number of fused-ring (bicyclic) bond motifs is 3. The molecule has 3 aromatic carbocycles. The van der Waals surface area contributed by atoms with E-state index in [1.165, 1.54) is 50.1 Å². The van der Waals surface area contributed by atoms with Gasteiger partial charge < -0.3 is 10.2 Å². The second-order valence-electron chi connectivity index (χ2n) is 13.8. The summed E-state index contributed by atoms with van der Waals surface area (Å²) in [6.45, 7) is 24.8. The molecule has 5 rings (SSSR count). The average molecular weight is 613 g/mol. The smallest absolute Gasteiger partial charge is 0.213 e. The fraction of sp³-hybridized carbons (Fsp3) is 0.293. The van der Waals surface area contributed by atoms with Crippen LogP contribution in [0.15, 0.2) is 116 Å². The lowest BCUT2D eigenvalue weighted by molar-refractivity contribution is -0.706. The number of anilines is 3. The van der Waals surface area contributed by atoms with Crippen molar-refractivity contribution in [3.8, 4) is 11.3 Å². The number of para-hydroxylation sites is 2. The first-order valence-corrected chi connectivity index (χ1v) is 19.7. The first kappa shape index (κ1) is 32.2. The molecule has 0 spiro atoms. The van der Waals surface area contributed by atoms with Gasteiger partial charge in [-0.1, -0.05) is 105 Å². The minimum Gasteiger partial charge on any atom is -0.369 e. The molecule has 4 heteroatoms. The number of hydrogen-bond donors (Lipinski definition) is 1. The van der Waals surface area contributed by atoms with Gasteiger partial charge in [0.2, 0.25) is 5.69 Å². The van der Waals surface area contributed by atoms with Gasteiger partial charge >= 0.3 is 0 Å². The van der Waals surface area contributed by atoms with Crippen LogP contribution in [-0.2, 0) is 0 Å². The van der Waals surface area contributed by atoms with E-state index in [2.05, 4.69) is 180 Å². The minimum absolute atomic E-state index is 0.0822. The van der Waals surface area contributed by atoms with Gasteiger partial charge in [-0.05, 0) is 75.1 Å². The average Bonchev–Trinajstić information content (AvgIpc) is 3.00. The Kier molecular flexibility index (Phi) is 9.36. The summed E-state index contributed by atoms with van der Waals surface area (Å²) < 4.78 is 2.51. The second kappa shape index (κ2) is 13.1. The van der Waals surface area contributed by atoms with Gasteiger partial charge in [0.15, 0.2) is 12.2 Å². The molecule has 1 N–H and O–H groups in total. The SMILES string of the molecule is C=CC1C(C(CC(=C)/C=C\C)N(C)c2ccccc2Nc2c(C)cc(C)cc2C)c2ccccc2-c2ccc([Si](C)(C)C)c[n+]21. The quantitative estimate of drug-likeness (QED) is 0.0832. The number of hydrogen-bond acceptors (Lipinski definition) is 2. The predicted octanol–water partition coefficient (Wildman–Crippen LogP) is 9.71. The van der Waals surface area contributed by atoms with Gasteiger partial charge in [0.25, 0.3) is 0 Å². The highest BCUT2D eigenvalue weighted by Gasteiger charge is 2.44. The summed E-state index contributed by atoms with van der Waals surface area (Å²) in [5, 5.41) is 5.30. The van der Waals surface area contributed by atoms with Crippen molar-refractivity contribution in [2.45, 2.75) is 71.8 Å². The lowest BCUT2D eigenvalue weighted by atomic mass is 9.76. The Hall–Kier alpha value is -4.15. The van der Waals surface area contributed by atoms with Gasteiger partial charge in [-0.3, -0.25) is 0 Å². The topological polar surface area (TPSA) is 19.1 Å². The van der Waals surface area contributed by atoms with Crippen molar-refractivity contribution in [3.63, 3.8) is 0 Å². The molecule has 0 amide bonds. The summed E-state index contributed by atoms with van der Waals surface area (Å²) in [4.78, 5) is 2.49. The zero-order chi connectivity index (χ0) is 32.5. The van der Waals surface area contributed by atoms with Gasteiger partial charge in [0.05, 0.1) is 25.4 Å². The maximum atomic E-state index is 4.52. The Bertz CT molecular complexity index is 1740. The van der Waals surface area contributed by atoms with Crippen molar-refractivity contribution in [2.24, 2.45) is 0 Å². The van der Waals surface area contributed by atoms with Gasteiger partial charge in [-0.25, -0.2) is 0 Å². The summed E-state index contributed by atoms with van der Waals surface area (Å²) in [5.41, 5.74) is 12.3. The fourth-order valence-corrected chi connectivity index (χ4v) is 8.27. The molecule has 232 valence electrons. The third kappa shape index (κ3) is 6.48. The van der Waals surface area contributed by atoms with Crippen LogP contribution in [0.1, 0.15) is 47.6 Å². The van der Waals surface area contributed by atoms with Crippen LogP contribution in [0.3, 0.4) is 0 Å². The van der Waals surface area contributed by atoms with E-state index >= 15 is 0 Å². The van der Waals surface area contributed by atoms with Gasteiger partial charge in [-0.15, -0.1) is 0 Å². The standard InChI is InChI=1S/C41H50N3Si/c1-11-17-28(3)26-39(43(7)38-21-16-15-20-35(38)42-41-30(5)24-29(4)25-31(41)6)40-34-19-14-13-18-33(34)37-23-22-32(45(8,9)10)27-44(37)36(40)12-2/h11-25,27,36,39-40,42H,2-3,26H2,1,4-10H3/q+1/b17-11-. The Labute approximate surface area is 272 Å². The van der Waals surface area contributed by atoms with Crippen LogP contribution in [0.25, 0.3) is 11.3 Å². The van der Waals surface area contributed by atoms with E-state index in [9.17, 15) is 0 Å². The maximum Gasteiger partial charge on any atom is 0.213 e. The first-order chi connectivity index (χ1) is 21.4. The van der Waals surface area contributed by atoms with Crippen molar-refractivity contribution < 1.29 is 4.57 Å². The molecule has 1 aromatic heterocycles. The van der Waals surface area contributed by atoms with E-state index < -0.39 is 8.07 Å². The van der Waals surface area contributed by atoms with Crippen LogP contribution in [0, 0.1) is 20.8 Å². The molecule has 1 aliphatic rings. The Morgan fingerprint density at radius 1 is 0.978 bits per heavy atom. The predicted molar refractivity (Wildman–Crippen MR) is 198 cm³/mol. The van der Waals surface area contributed by atoms with E-state index in [4.69, 9.17) is 0 Å². The van der Waals surface area contributed by atoms with E-state index in [0.29, 0.717) is 0 Å². The monoisotopic (exact) mass is 612 g/mol. The lowest BCUT2D eigenvalue weighted by Crippen LogP contribution is -2.55. The number of rotatable bonds is 10. The number of aromatic nitrogens is 1. The van der Waals surface area contributed by atoms with Crippen LogP contribution in [0.5, 0.6) is 0 Å². The summed E-state index contributed by atoms with van der Waals surface area (Å²) >= 11 is 0. The Balaban J connectivity index is 1.67. The molecular formula is C41H50N3Si+. The minimum atomic E-state index is -1.54. The van der Waals surface area contributed by atoms with Crippen LogP contribution >= 0.6 is 0 Å². The number of likely N-dealkylation sites (N-methyl/N-ethyl adjacent to an activating group) is 1. The molecule has 3 atom stereocenters. The molecule has 3 nitrogen and oxygen atoms in total. The molecule has 45 heavy (non-hydrogen) atoms. The molecule has 3 unspecified atom stereocenters. The third-order valence-electron chi connectivity index (χ3n) is 9.38. The molecule has 1 aliphatic heterocycles. The molecule has 0 radical (unpaired) electrons. The highest BCUT2D eigenvalue weighted by molar-refractivity contribution is 6.88. The molecule has 0 aliphatic carbocycles. The van der Waals surface area contributed by atoms with Crippen LogP contribution in [0.4, 0.5) is 17.1 Å². The van der Waals surface area contributed by atoms with Gasteiger partial charge in [0, 0.05) is 35.6 Å². The number of nitrogens with zero attached hydrogens (tertiary/aromatic N) is 2. The number of aryl methyl sites for hydroxylation is 3. The van der Waals surface area contributed by atoms with Crippen molar-refractivity contribution >= 4 is 30.3 Å². The van der Waals surface area contributed by atoms with Crippen molar-refractivity contribution in [2.75, 3.05) is 17.3 Å². The number of pyridine rings is 1. The number of nitrogens with one attached hydrogen (secondary N) is 1. The van der Waals surface area contributed by atoms with E-state index in [1.54, 1.807) is 0 Å². The van der Waals surface area contributed by atoms with Crippen molar-refractivity contribution in [1.82, 2.24) is 0 Å². The normalized spacial score (nSPS) is 16.5. The van der Waals surface area contributed by atoms with Crippen molar-refractivity contribution in [1.29, 1.82) is 0 Å². The molecule has 4 aromatic rings. The number of benzene rings is 3. The summed E-state index contributed by atoms with van der Waals surface area (Å²) in [5.74, 6) is 0.149. The molecule has 2 heterocycles. The maximum absolute atomic E-state index is 4.52. The number of allylic oxidation sites excluding steroid dienone is 3. The van der Waals surface area contributed by atoms with Crippen LogP contribution in [0.2, 0.25) is 19.6 Å². The van der Waals surface area contributed by atoms with E-state index in [-0.39, 0.29) is 18.0 Å². The van der Waals surface area contributed by atoms with Crippen LogP contribution in [-0.4, -0.2) is 21.2 Å².